The predicted octanol–water partition coefficient (Wildman–Crippen LogP) is 3.40. The van der Waals surface area contributed by atoms with Crippen molar-refractivity contribution in [3.63, 3.8) is 0 Å². The van der Waals surface area contributed by atoms with Crippen LogP contribution in [0.3, 0.4) is 0 Å². The number of nitrogens with one attached hydrogen (secondary N) is 1. The summed E-state index contributed by atoms with van der Waals surface area (Å²) in [5.74, 6) is 0.350. The Balaban J connectivity index is 1.86. The standard InChI is InChI=1S/C15H17NOS/c1-18-14-8-6-12(7-9-14)10-16-11-13-4-2-3-5-15(13)17/h2-9,16-17H,10-11H2,1H3. The van der Waals surface area contributed by atoms with Gasteiger partial charge in [0.15, 0.2) is 0 Å². The minimum absolute atomic E-state index is 0.350. The van der Waals surface area contributed by atoms with Gasteiger partial charge in [-0.25, -0.2) is 0 Å². The second-order valence-corrected chi connectivity index (χ2v) is 4.96. The first-order chi connectivity index (χ1) is 8.79. The van der Waals surface area contributed by atoms with Gasteiger partial charge in [0, 0.05) is 23.5 Å². The van der Waals surface area contributed by atoms with Crippen molar-refractivity contribution in [2.75, 3.05) is 6.26 Å². The topological polar surface area (TPSA) is 32.3 Å². The van der Waals surface area contributed by atoms with Crippen molar-refractivity contribution in [2.45, 2.75) is 18.0 Å². The van der Waals surface area contributed by atoms with E-state index >= 15 is 0 Å². The lowest BCUT2D eigenvalue weighted by Gasteiger charge is -2.07. The van der Waals surface area contributed by atoms with E-state index in [-0.39, 0.29) is 0 Å². The molecule has 0 heterocycles. The van der Waals surface area contributed by atoms with Crippen LogP contribution in [-0.4, -0.2) is 11.4 Å². The van der Waals surface area contributed by atoms with Gasteiger partial charge in [-0.2, -0.15) is 0 Å². The zero-order valence-electron chi connectivity index (χ0n) is 10.4. The lowest BCUT2D eigenvalue weighted by molar-refractivity contribution is 0.464. The molecule has 2 N–H and O–H groups in total. The lowest BCUT2D eigenvalue weighted by atomic mass is 10.2. The fraction of sp³-hybridized carbons (Fsp3) is 0.200. The Bertz CT molecular complexity index is 496. The molecule has 2 aromatic carbocycles. The molecule has 0 aliphatic rings. The van der Waals surface area contributed by atoms with Crippen LogP contribution in [0.5, 0.6) is 5.75 Å². The molecule has 0 radical (unpaired) electrons. The molecular formula is C15H17NOS. The second kappa shape index (κ2) is 6.47. The van der Waals surface area contributed by atoms with Gasteiger partial charge in [-0.05, 0) is 30.0 Å². The van der Waals surface area contributed by atoms with Crippen LogP contribution in [-0.2, 0) is 13.1 Å². The summed E-state index contributed by atoms with van der Waals surface area (Å²) in [4.78, 5) is 1.28. The summed E-state index contributed by atoms with van der Waals surface area (Å²) in [6.07, 6.45) is 2.07. The highest BCUT2D eigenvalue weighted by Gasteiger charge is 1.99. The molecule has 0 aromatic heterocycles. The predicted molar refractivity (Wildman–Crippen MR) is 76.9 cm³/mol. The third kappa shape index (κ3) is 3.52. The fourth-order valence-electron chi connectivity index (χ4n) is 1.75. The van der Waals surface area contributed by atoms with Crippen LogP contribution in [0, 0.1) is 0 Å². The number of thioether (sulfide) groups is 1. The summed E-state index contributed by atoms with van der Waals surface area (Å²) < 4.78 is 0. The molecule has 0 bridgehead atoms. The highest BCUT2D eigenvalue weighted by molar-refractivity contribution is 7.98. The van der Waals surface area contributed by atoms with Crippen LogP contribution < -0.4 is 5.32 Å². The van der Waals surface area contributed by atoms with E-state index in [1.54, 1.807) is 17.8 Å². The number of para-hydroxylation sites is 1. The molecule has 2 rings (SSSR count). The van der Waals surface area contributed by atoms with E-state index in [1.807, 2.05) is 18.2 Å². The van der Waals surface area contributed by atoms with E-state index in [4.69, 9.17) is 0 Å². The molecule has 2 aromatic rings. The van der Waals surface area contributed by atoms with E-state index in [9.17, 15) is 5.11 Å². The van der Waals surface area contributed by atoms with Gasteiger partial charge in [0.2, 0.25) is 0 Å². The molecule has 2 nitrogen and oxygen atoms in total. The summed E-state index contributed by atoms with van der Waals surface area (Å²) in [6, 6.07) is 15.9. The SMILES string of the molecule is CSc1ccc(CNCc2ccccc2O)cc1. The average molecular weight is 259 g/mol. The summed E-state index contributed by atoms with van der Waals surface area (Å²) in [7, 11) is 0. The van der Waals surface area contributed by atoms with Crippen molar-refractivity contribution >= 4 is 11.8 Å². The molecule has 0 fully saturated rings. The Morgan fingerprint density at radius 2 is 1.72 bits per heavy atom. The molecular weight excluding hydrogens is 242 g/mol. The maximum Gasteiger partial charge on any atom is 0.120 e. The second-order valence-electron chi connectivity index (χ2n) is 4.08. The maximum atomic E-state index is 9.63. The molecule has 0 unspecified atom stereocenters. The number of phenolic OH excluding ortho intramolecular Hbond substituents is 1. The van der Waals surface area contributed by atoms with Crippen molar-refractivity contribution in [2.24, 2.45) is 0 Å². The van der Waals surface area contributed by atoms with Crippen LogP contribution in [0.25, 0.3) is 0 Å². The minimum atomic E-state index is 0.350. The number of rotatable bonds is 5. The third-order valence-electron chi connectivity index (χ3n) is 2.80. The smallest absolute Gasteiger partial charge is 0.120 e. The van der Waals surface area contributed by atoms with Crippen LogP contribution in [0.2, 0.25) is 0 Å². The first kappa shape index (κ1) is 13.0. The van der Waals surface area contributed by atoms with Crippen LogP contribution >= 0.6 is 11.8 Å². The van der Waals surface area contributed by atoms with Gasteiger partial charge in [0.05, 0.1) is 0 Å². The van der Waals surface area contributed by atoms with Crippen molar-refractivity contribution in [3.05, 3.63) is 59.7 Å². The molecule has 94 valence electrons. The molecule has 0 aliphatic heterocycles. The van der Waals surface area contributed by atoms with Gasteiger partial charge < -0.3 is 10.4 Å². The van der Waals surface area contributed by atoms with Crippen molar-refractivity contribution in [1.29, 1.82) is 0 Å². The molecule has 18 heavy (non-hydrogen) atoms. The molecule has 0 saturated carbocycles. The summed E-state index contributed by atoms with van der Waals surface area (Å²) >= 11 is 1.75. The van der Waals surface area contributed by atoms with Crippen LogP contribution in [0.1, 0.15) is 11.1 Å². The van der Waals surface area contributed by atoms with Gasteiger partial charge in [-0.15, -0.1) is 11.8 Å². The third-order valence-corrected chi connectivity index (χ3v) is 3.54. The maximum absolute atomic E-state index is 9.63. The number of aromatic hydroxyl groups is 1. The molecule has 0 atom stereocenters. The zero-order chi connectivity index (χ0) is 12.8. The van der Waals surface area contributed by atoms with Gasteiger partial charge >= 0.3 is 0 Å². The first-order valence-electron chi connectivity index (χ1n) is 5.90. The quantitative estimate of drug-likeness (QED) is 0.807. The van der Waals surface area contributed by atoms with E-state index in [1.165, 1.54) is 10.5 Å². The summed E-state index contributed by atoms with van der Waals surface area (Å²) in [6.45, 7) is 1.49. The molecule has 0 amide bonds. The first-order valence-corrected chi connectivity index (χ1v) is 7.12. The number of hydrogen-bond acceptors (Lipinski definition) is 3. The molecule has 3 heteroatoms. The summed E-state index contributed by atoms with van der Waals surface area (Å²) in [5.41, 5.74) is 2.18. The van der Waals surface area contributed by atoms with Crippen molar-refractivity contribution in [1.82, 2.24) is 5.32 Å². The van der Waals surface area contributed by atoms with Crippen molar-refractivity contribution < 1.29 is 5.11 Å². The monoisotopic (exact) mass is 259 g/mol. The Hall–Kier alpha value is -1.45. The van der Waals surface area contributed by atoms with Gasteiger partial charge in [0.25, 0.3) is 0 Å². The number of benzene rings is 2. The van der Waals surface area contributed by atoms with Crippen LogP contribution in [0.4, 0.5) is 0 Å². The van der Waals surface area contributed by atoms with Gasteiger partial charge in [-0.1, -0.05) is 30.3 Å². The van der Waals surface area contributed by atoms with Crippen LogP contribution in [0.15, 0.2) is 53.4 Å². The van der Waals surface area contributed by atoms with Crippen molar-refractivity contribution in [3.8, 4) is 5.75 Å². The Kier molecular flexibility index (Phi) is 4.67. The Morgan fingerprint density at radius 1 is 1.00 bits per heavy atom. The normalized spacial score (nSPS) is 10.5. The highest BCUT2D eigenvalue weighted by Crippen LogP contribution is 2.16. The van der Waals surface area contributed by atoms with E-state index < -0.39 is 0 Å². The Labute approximate surface area is 112 Å². The van der Waals surface area contributed by atoms with E-state index in [0.717, 1.165) is 12.1 Å². The highest BCUT2D eigenvalue weighted by atomic mass is 32.2. The molecule has 0 saturated heterocycles. The minimum Gasteiger partial charge on any atom is -0.508 e. The molecule has 0 spiro atoms. The molecule has 0 aliphatic carbocycles. The van der Waals surface area contributed by atoms with Gasteiger partial charge in [0.1, 0.15) is 5.75 Å². The fourth-order valence-corrected chi connectivity index (χ4v) is 2.15. The van der Waals surface area contributed by atoms with E-state index in [2.05, 4.69) is 35.8 Å². The van der Waals surface area contributed by atoms with E-state index in [0.29, 0.717) is 12.3 Å². The Morgan fingerprint density at radius 3 is 2.39 bits per heavy atom. The number of hydrogen-bond donors (Lipinski definition) is 2. The number of phenols is 1. The zero-order valence-corrected chi connectivity index (χ0v) is 11.2. The average Bonchev–Trinajstić information content (AvgIpc) is 2.42. The largest absolute Gasteiger partial charge is 0.508 e. The summed E-state index contributed by atoms with van der Waals surface area (Å²) in [5, 5.41) is 13.0. The lowest BCUT2D eigenvalue weighted by Crippen LogP contribution is -2.12. The van der Waals surface area contributed by atoms with Gasteiger partial charge in [-0.3, -0.25) is 0 Å².